The number of aliphatic hydroxyl groups is 1. The van der Waals surface area contributed by atoms with E-state index in [1.807, 2.05) is 42.8 Å². The number of benzene rings is 1. The molecule has 23 heavy (non-hydrogen) atoms. The first kappa shape index (κ1) is 18.0. The molecule has 1 heterocycles. The highest BCUT2D eigenvalue weighted by molar-refractivity contribution is 6.30. The van der Waals surface area contributed by atoms with Crippen molar-refractivity contribution >= 4 is 11.6 Å². The van der Waals surface area contributed by atoms with Gasteiger partial charge < -0.3 is 10.4 Å². The summed E-state index contributed by atoms with van der Waals surface area (Å²) in [5.74, 6) is 0.236. The first-order chi connectivity index (χ1) is 10.9. The molecule has 2 rings (SSSR count). The van der Waals surface area contributed by atoms with Gasteiger partial charge in [-0.1, -0.05) is 30.7 Å². The van der Waals surface area contributed by atoms with Gasteiger partial charge in [0.05, 0.1) is 12.2 Å². The Hall–Kier alpha value is -1.36. The second-order valence-electron chi connectivity index (χ2n) is 6.26. The second kappa shape index (κ2) is 7.95. The minimum Gasteiger partial charge on any atom is -0.396 e. The van der Waals surface area contributed by atoms with Crippen molar-refractivity contribution in [1.82, 2.24) is 15.1 Å². The SMILES string of the molecule is Cc1nn(Cc2ccc(Cl)cc2)c(C)c1CNC(C)C(C)CO. The predicted octanol–water partition coefficient (Wildman–Crippen LogP) is 3.31. The highest BCUT2D eigenvalue weighted by atomic mass is 35.5. The summed E-state index contributed by atoms with van der Waals surface area (Å²) >= 11 is 5.94. The van der Waals surface area contributed by atoms with E-state index in [2.05, 4.69) is 24.3 Å². The van der Waals surface area contributed by atoms with Crippen LogP contribution < -0.4 is 5.32 Å². The van der Waals surface area contributed by atoms with Gasteiger partial charge in [-0.3, -0.25) is 4.68 Å². The maximum Gasteiger partial charge on any atom is 0.0662 e. The summed E-state index contributed by atoms with van der Waals surface area (Å²) < 4.78 is 2.04. The smallest absolute Gasteiger partial charge is 0.0662 e. The van der Waals surface area contributed by atoms with E-state index in [0.717, 1.165) is 23.8 Å². The monoisotopic (exact) mass is 335 g/mol. The molecule has 0 aliphatic carbocycles. The third-order valence-corrected chi connectivity index (χ3v) is 4.77. The molecule has 0 saturated carbocycles. The molecule has 2 N–H and O–H groups in total. The van der Waals surface area contributed by atoms with E-state index in [4.69, 9.17) is 11.6 Å². The molecule has 0 amide bonds. The molecule has 0 spiro atoms. The molecule has 0 fully saturated rings. The van der Waals surface area contributed by atoms with Crippen LogP contribution in [0.25, 0.3) is 0 Å². The standard InChI is InChI=1S/C18H26ClN3O/c1-12(11-23)13(2)20-9-18-14(3)21-22(15(18)4)10-16-5-7-17(19)8-6-16/h5-8,12-13,20,23H,9-11H2,1-4H3. The lowest BCUT2D eigenvalue weighted by Crippen LogP contribution is -2.33. The molecule has 0 aliphatic heterocycles. The van der Waals surface area contributed by atoms with E-state index in [0.29, 0.717) is 0 Å². The van der Waals surface area contributed by atoms with Gasteiger partial charge in [0, 0.05) is 35.5 Å². The predicted molar refractivity (Wildman–Crippen MR) is 94.8 cm³/mol. The van der Waals surface area contributed by atoms with Crippen molar-refractivity contribution in [2.45, 2.75) is 46.8 Å². The van der Waals surface area contributed by atoms with Gasteiger partial charge in [-0.15, -0.1) is 0 Å². The number of nitrogens with zero attached hydrogens (tertiary/aromatic N) is 2. The molecule has 4 nitrogen and oxygen atoms in total. The minimum absolute atomic E-state index is 0.196. The van der Waals surface area contributed by atoms with Gasteiger partial charge in [-0.05, 0) is 44.4 Å². The molecule has 2 aromatic rings. The van der Waals surface area contributed by atoms with E-state index in [9.17, 15) is 5.11 Å². The van der Waals surface area contributed by atoms with Gasteiger partial charge in [0.15, 0.2) is 0 Å². The van der Waals surface area contributed by atoms with E-state index in [-0.39, 0.29) is 18.6 Å². The number of rotatable bonds is 7. The molecule has 0 saturated heterocycles. The fourth-order valence-corrected chi connectivity index (χ4v) is 2.65. The highest BCUT2D eigenvalue weighted by Crippen LogP contribution is 2.16. The van der Waals surface area contributed by atoms with E-state index in [1.54, 1.807) is 0 Å². The van der Waals surface area contributed by atoms with Crippen LogP contribution in [0, 0.1) is 19.8 Å². The molecular weight excluding hydrogens is 310 g/mol. The Kier molecular flexibility index (Phi) is 6.22. The highest BCUT2D eigenvalue weighted by Gasteiger charge is 2.15. The number of aromatic nitrogens is 2. The van der Waals surface area contributed by atoms with Crippen molar-refractivity contribution in [3.05, 3.63) is 51.8 Å². The van der Waals surface area contributed by atoms with Crippen LogP contribution in [-0.2, 0) is 13.1 Å². The Morgan fingerprint density at radius 2 is 1.87 bits per heavy atom. The van der Waals surface area contributed by atoms with E-state index >= 15 is 0 Å². The third-order valence-electron chi connectivity index (χ3n) is 4.52. The van der Waals surface area contributed by atoms with Crippen LogP contribution in [0.3, 0.4) is 0 Å². The van der Waals surface area contributed by atoms with Gasteiger partial charge in [-0.2, -0.15) is 5.10 Å². The topological polar surface area (TPSA) is 50.1 Å². The van der Waals surface area contributed by atoms with Crippen molar-refractivity contribution in [1.29, 1.82) is 0 Å². The van der Waals surface area contributed by atoms with Gasteiger partial charge in [-0.25, -0.2) is 0 Å². The normalized spacial score (nSPS) is 14.0. The maximum absolute atomic E-state index is 9.23. The Morgan fingerprint density at radius 3 is 2.48 bits per heavy atom. The Balaban J connectivity index is 2.08. The van der Waals surface area contributed by atoms with E-state index in [1.165, 1.54) is 16.8 Å². The number of aryl methyl sites for hydroxylation is 1. The molecule has 1 aromatic carbocycles. The minimum atomic E-state index is 0.196. The Labute approximate surface area is 143 Å². The Bertz CT molecular complexity index is 636. The summed E-state index contributed by atoms with van der Waals surface area (Å²) in [6.07, 6.45) is 0. The summed E-state index contributed by atoms with van der Waals surface area (Å²) in [5, 5.41) is 18.1. The number of halogens is 1. The average Bonchev–Trinajstić information content (AvgIpc) is 2.80. The lowest BCUT2D eigenvalue weighted by atomic mass is 10.0. The maximum atomic E-state index is 9.23. The second-order valence-corrected chi connectivity index (χ2v) is 6.70. The Morgan fingerprint density at radius 1 is 1.22 bits per heavy atom. The summed E-state index contributed by atoms with van der Waals surface area (Å²) in [7, 11) is 0. The van der Waals surface area contributed by atoms with Gasteiger partial charge in [0.2, 0.25) is 0 Å². The largest absolute Gasteiger partial charge is 0.396 e. The lowest BCUT2D eigenvalue weighted by molar-refractivity contribution is 0.207. The molecule has 126 valence electrons. The average molecular weight is 336 g/mol. The summed E-state index contributed by atoms with van der Waals surface area (Å²) in [5.41, 5.74) is 4.64. The molecule has 1 aromatic heterocycles. The number of aliphatic hydroxyl groups excluding tert-OH is 1. The zero-order valence-electron chi connectivity index (χ0n) is 14.3. The van der Waals surface area contributed by atoms with Crippen molar-refractivity contribution in [3.63, 3.8) is 0 Å². The first-order valence-electron chi connectivity index (χ1n) is 8.04. The van der Waals surface area contributed by atoms with Crippen LogP contribution in [-0.4, -0.2) is 27.5 Å². The quantitative estimate of drug-likeness (QED) is 0.816. The van der Waals surface area contributed by atoms with Gasteiger partial charge >= 0.3 is 0 Å². The van der Waals surface area contributed by atoms with Crippen molar-refractivity contribution < 1.29 is 5.11 Å². The first-order valence-corrected chi connectivity index (χ1v) is 8.41. The van der Waals surface area contributed by atoms with Crippen LogP contribution >= 0.6 is 11.6 Å². The fraction of sp³-hybridized carbons (Fsp3) is 0.500. The number of hydrogen-bond acceptors (Lipinski definition) is 3. The zero-order valence-corrected chi connectivity index (χ0v) is 15.1. The molecule has 2 unspecified atom stereocenters. The summed E-state index contributed by atoms with van der Waals surface area (Å²) in [4.78, 5) is 0. The molecular formula is C18H26ClN3O. The summed E-state index contributed by atoms with van der Waals surface area (Å²) in [6, 6.07) is 8.13. The van der Waals surface area contributed by atoms with Crippen LogP contribution in [0.5, 0.6) is 0 Å². The van der Waals surface area contributed by atoms with Crippen molar-refractivity contribution in [2.75, 3.05) is 6.61 Å². The fourth-order valence-electron chi connectivity index (χ4n) is 2.53. The molecule has 0 bridgehead atoms. The molecule has 0 aliphatic rings. The van der Waals surface area contributed by atoms with Crippen LogP contribution in [0.2, 0.25) is 5.02 Å². The van der Waals surface area contributed by atoms with Crippen LogP contribution in [0.15, 0.2) is 24.3 Å². The molecule has 5 heteroatoms. The zero-order chi connectivity index (χ0) is 17.0. The van der Waals surface area contributed by atoms with Crippen LogP contribution in [0.4, 0.5) is 0 Å². The number of hydrogen-bond donors (Lipinski definition) is 2. The lowest BCUT2D eigenvalue weighted by Gasteiger charge is -2.19. The molecule has 2 atom stereocenters. The summed E-state index contributed by atoms with van der Waals surface area (Å²) in [6.45, 7) is 10.00. The van der Waals surface area contributed by atoms with Crippen LogP contribution in [0.1, 0.15) is 36.4 Å². The number of nitrogens with one attached hydrogen (secondary N) is 1. The third kappa shape index (κ3) is 4.56. The van der Waals surface area contributed by atoms with E-state index < -0.39 is 0 Å². The van der Waals surface area contributed by atoms with Gasteiger partial charge in [0.25, 0.3) is 0 Å². The van der Waals surface area contributed by atoms with Crippen molar-refractivity contribution in [3.8, 4) is 0 Å². The van der Waals surface area contributed by atoms with Gasteiger partial charge in [0.1, 0.15) is 0 Å². The van der Waals surface area contributed by atoms with Crippen molar-refractivity contribution in [2.24, 2.45) is 5.92 Å². The molecule has 0 radical (unpaired) electrons.